The number of unbranched alkanes of at least 4 members (excludes halogenated alkanes) is 2. The predicted molar refractivity (Wildman–Crippen MR) is 114 cm³/mol. The number of nitrogens with zero attached hydrogens (tertiary/aromatic N) is 3. The molecule has 1 aromatic rings. The van der Waals surface area contributed by atoms with Crippen LogP contribution in [0.15, 0.2) is 47.3 Å². The second-order valence-corrected chi connectivity index (χ2v) is 6.82. The highest BCUT2D eigenvalue weighted by atomic mass is 16.1. The lowest BCUT2D eigenvalue weighted by Crippen LogP contribution is -2.49. The fourth-order valence-electron chi connectivity index (χ4n) is 2.67. The summed E-state index contributed by atoms with van der Waals surface area (Å²) in [5.74, 6) is 0.630. The SMILES string of the molecule is C=Cc1cccnc1/C(=N\C(=C)N)N[C@@](C)(CCCCC)C/N=C/C(C)=O. The Morgan fingerprint density at radius 2 is 2.19 bits per heavy atom. The molecule has 1 rings (SSSR count). The Labute approximate surface area is 162 Å². The Morgan fingerprint density at radius 1 is 1.44 bits per heavy atom. The molecule has 0 radical (unpaired) electrons. The lowest BCUT2D eigenvalue weighted by Gasteiger charge is -2.31. The molecule has 0 unspecified atom stereocenters. The highest BCUT2D eigenvalue weighted by Gasteiger charge is 2.26. The van der Waals surface area contributed by atoms with Gasteiger partial charge in [0.25, 0.3) is 0 Å². The number of Topliss-reactive ketones (excluding diaryl/α,β-unsaturated/α-hetero) is 1. The highest BCUT2D eigenvalue weighted by molar-refractivity contribution is 6.26. The van der Waals surface area contributed by atoms with Gasteiger partial charge >= 0.3 is 0 Å². The van der Waals surface area contributed by atoms with Gasteiger partial charge in [-0.25, -0.2) is 4.99 Å². The topological polar surface area (TPSA) is 92.7 Å². The first-order chi connectivity index (χ1) is 12.8. The minimum Gasteiger partial charge on any atom is -0.384 e. The first-order valence-corrected chi connectivity index (χ1v) is 9.20. The lowest BCUT2D eigenvalue weighted by atomic mass is 9.93. The van der Waals surface area contributed by atoms with Crippen molar-refractivity contribution in [2.75, 3.05) is 6.54 Å². The van der Waals surface area contributed by atoms with Gasteiger partial charge in [-0.3, -0.25) is 14.8 Å². The average Bonchev–Trinajstić information content (AvgIpc) is 2.60. The number of nitrogens with two attached hydrogens (primary N) is 1. The summed E-state index contributed by atoms with van der Waals surface area (Å²) in [6.45, 7) is 13.7. The summed E-state index contributed by atoms with van der Waals surface area (Å²) in [5, 5.41) is 3.46. The van der Waals surface area contributed by atoms with Crippen molar-refractivity contribution in [2.45, 2.75) is 52.0 Å². The molecule has 6 nitrogen and oxygen atoms in total. The number of amidine groups is 1. The van der Waals surface area contributed by atoms with Gasteiger partial charge < -0.3 is 11.1 Å². The summed E-state index contributed by atoms with van der Waals surface area (Å²) in [6, 6.07) is 3.75. The van der Waals surface area contributed by atoms with Crippen molar-refractivity contribution in [3.8, 4) is 0 Å². The Morgan fingerprint density at radius 3 is 2.78 bits per heavy atom. The van der Waals surface area contributed by atoms with Crippen LogP contribution in [0.2, 0.25) is 0 Å². The van der Waals surface area contributed by atoms with Gasteiger partial charge in [0, 0.05) is 18.7 Å². The van der Waals surface area contributed by atoms with E-state index in [1.807, 2.05) is 12.1 Å². The van der Waals surface area contributed by atoms with Crippen LogP contribution in [-0.4, -0.2) is 34.9 Å². The van der Waals surface area contributed by atoms with E-state index in [1.54, 1.807) is 12.3 Å². The van der Waals surface area contributed by atoms with Gasteiger partial charge in [0.1, 0.15) is 11.5 Å². The summed E-state index contributed by atoms with van der Waals surface area (Å²) in [4.78, 5) is 24.3. The van der Waals surface area contributed by atoms with Crippen molar-refractivity contribution < 1.29 is 4.79 Å². The molecule has 146 valence electrons. The van der Waals surface area contributed by atoms with Crippen LogP contribution in [0.3, 0.4) is 0 Å². The third kappa shape index (κ3) is 7.98. The molecule has 0 amide bonds. The zero-order valence-corrected chi connectivity index (χ0v) is 16.7. The molecule has 0 aromatic carbocycles. The first-order valence-electron chi connectivity index (χ1n) is 9.20. The van der Waals surface area contributed by atoms with E-state index >= 15 is 0 Å². The monoisotopic (exact) mass is 369 g/mol. The average molecular weight is 370 g/mol. The molecule has 1 atom stereocenters. The summed E-state index contributed by atoms with van der Waals surface area (Å²) in [6.07, 6.45) is 8.90. The van der Waals surface area contributed by atoms with Crippen LogP contribution >= 0.6 is 0 Å². The fourth-order valence-corrected chi connectivity index (χ4v) is 2.67. The number of ketones is 1. The number of aliphatic imine (C=N–C) groups is 2. The molecular formula is C21H31N5O. The molecule has 0 aliphatic heterocycles. The van der Waals surface area contributed by atoms with E-state index in [2.05, 4.69) is 47.3 Å². The lowest BCUT2D eigenvalue weighted by molar-refractivity contribution is -0.110. The largest absolute Gasteiger partial charge is 0.384 e. The third-order valence-corrected chi connectivity index (χ3v) is 4.00. The number of pyridine rings is 1. The second-order valence-electron chi connectivity index (χ2n) is 6.82. The number of hydrogen-bond donors (Lipinski definition) is 2. The zero-order valence-electron chi connectivity index (χ0n) is 16.7. The van der Waals surface area contributed by atoms with Gasteiger partial charge in [-0.2, -0.15) is 0 Å². The van der Waals surface area contributed by atoms with Gasteiger partial charge in [-0.1, -0.05) is 51.5 Å². The molecule has 27 heavy (non-hydrogen) atoms. The Bertz CT molecular complexity index is 723. The molecule has 0 spiro atoms. The van der Waals surface area contributed by atoms with Crippen molar-refractivity contribution in [2.24, 2.45) is 15.7 Å². The minimum absolute atomic E-state index is 0.0752. The molecule has 6 heteroatoms. The molecule has 1 aromatic heterocycles. The van der Waals surface area contributed by atoms with Crippen molar-refractivity contribution >= 4 is 23.9 Å². The van der Waals surface area contributed by atoms with E-state index in [4.69, 9.17) is 5.73 Å². The minimum atomic E-state index is -0.411. The standard InChI is InChI=1S/C21H31N5O/c1-6-8-9-12-21(5,15-23-14-16(3)27)26-20(25-17(4)22)19-18(7-2)11-10-13-24-19/h7,10-11,13-14H,2,4,6,8-9,12,15,22H2,1,3,5H3,(H,25,26)/b23-14+/t21-/m0/s1. The van der Waals surface area contributed by atoms with E-state index in [1.165, 1.54) is 13.1 Å². The van der Waals surface area contributed by atoms with Gasteiger partial charge in [0.2, 0.25) is 0 Å². The molecule has 0 saturated carbocycles. The van der Waals surface area contributed by atoms with Crippen LogP contribution in [0, 0.1) is 0 Å². The number of hydrogen-bond acceptors (Lipinski definition) is 5. The van der Waals surface area contributed by atoms with Crippen molar-refractivity contribution in [3.63, 3.8) is 0 Å². The Hall–Kier alpha value is -2.76. The van der Waals surface area contributed by atoms with E-state index in [0.29, 0.717) is 18.1 Å². The van der Waals surface area contributed by atoms with Crippen LogP contribution in [0.25, 0.3) is 6.08 Å². The van der Waals surface area contributed by atoms with Crippen LogP contribution in [-0.2, 0) is 4.79 Å². The van der Waals surface area contributed by atoms with E-state index in [-0.39, 0.29) is 11.6 Å². The first kappa shape index (κ1) is 22.3. The maximum atomic E-state index is 11.2. The van der Waals surface area contributed by atoms with E-state index in [0.717, 1.165) is 31.2 Å². The van der Waals surface area contributed by atoms with Crippen LogP contribution in [0.4, 0.5) is 0 Å². The summed E-state index contributed by atoms with van der Waals surface area (Å²) in [5.41, 5.74) is 6.83. The Kier molecular flexibility index (Phi) is 9.13. The number of aromatic nitrogens is 1. The van der Waals surface area contributed by atoms with E-state index in [9.17, 15) is 4.79 Å². The molecule has 0 bridgehead atoms. The van der Waals surface area contributed by atoms with Gasteiger partial charge in [-0.15, -0.1) is 0 Å². The van der Waals surface area contributed by atoms with Gasteiger partial charge in [-0.05, 0) is 19.4 Å². The van der Waals surface area contributed by atoms with E-state index < -0.39 is 5.54 Å². The number of rotatable bonds is 11. The van der Waals surface area contributed by atoms with Crippen LogP contribution < -0.4 is 11.1 Å². The molecular weight excluding hydrogens is 338 g/mol. The second kappa shape index (κ2) is 11.1. The predicted octanol–water partition coefficient (Wildman–Crippen LogP) is 3.49. The molecule has 0 aliphatic rings. The maximum Gasteiger partial charge on any atom is 0.170 e. The normalized spacial score (nSPS) is 14.0. The zero-order chi connectivity index (χ0) is 20.3. The number of carbonyl (C=O) groups is 1. The summed E-state index contributed by atoms with van der Waals surface area (Å²) in [7, 11) is 0. The van der Waals surface area contributed by atoms with Crippen molar-refractivity contribution in [1.82, 2.24) is 10.3 Å². The van der Waals surface area contributed by atoms with Crippen molar-refractivity contribution in [1.29, 1.82) is 0 Å². The maximum absolute atomic E-state index is 11.2. The molecule has 0 fully saturated rings. The molecule has 1 heterocycles. The summed E-state index contributed by atoms with van der Waals surface area (Å²) < 4.78 is 0. The van der Waals surface area contributed by atoms with Crippen molar-refractivity contribution in [3.05, 3.63) is 48.6 Å². The Balaban J connectivity index is 3.22. The van der Waals surface area contributed by atoms with Gasteiger partial charge in [0.05, 0.1) is 18.3 Å². The fraction of sp³-hybridized carbons (Fsp3) is 0.429. The van der Waals surface area contributed by atoms with Crippen LogP contribution in [0.5, 0.6) is 0 Å². The quantitative estimate of drug-likeness (QED) is 0.355. The third-order valence-electron chi connectivity index (χ3n) is 4.00. The van der Waals surface area contributed by atoms with Crippen LogP contribution in [0.1, 0.15) is 57.7 Å². The number of nitrogens with one attached hydrogen (secondary N) is 1. The van der Waals surface area contributed by atoms with Gasteiger partial charge in [0.15, 0.2) is 11.6 Å². The molecule has 0 saturated heterocycles. The summed E-state index contributed by atoms with van der Waals surface area (Å²) >= 11 is 0. The number of carbonyl (C=O) groups excluding carboxylic acids is 1. The molecule has 0 aliphatic carbocycles. The molecule has 3 N–H and O–H groups in total. The highest BCUT2D eigenvalue weighted by Crippen LogP contribution is 2.18. The smallest absolute Gasteiger partial charge is 0.170 e.